The summed E-state index contributed by atoms with van der Waals surface area (Å²) >= 11 is 6.18. The van der Waals surface area contributed by atoms with Crippen molar-refractivity contribution in [3.63, 3.8) is 0 Å². The van der Waals surface area contributed by atoms with E-state index in [1.165, 1.54) is 0 Å². The highest BCUT2D eigenvalue weighted by molar-refractivity contribution is 6.30. The van der Waals surface area contributed by atoms with E-state index in [-0.39, 0.29) is 11.9 Å². The third kappa shape index (κ3) is 6.38. The number of halogens is 1. The predicted molar refractivity (Wildman–Crippen MR) is 152 cm³/mol. The van der Waals surface area contributed by atoms with Gasteiger partial charge in [-0.25, -0.2) is 9.50 Å². The minimum absolute atomic E-state index is 0.136. The highest BCUT2D eigenvalue weighted by Crippen LogP contribution is 2.28. The van der Waals surface area contributed by atoms with Gasteiger partial charge in [-0.15, -0.1) is 0 Å². The van der Waals surface area contributed by atoms with Gasteiger partial charge in [0, 0.05) is 49.4 Å². The summed E-state index contributed by atoms with van der Waals surface area (Å²) in [5.74, 6) is -0.427. The number of hydrogen-bond donors (Lipinski definition) is 1. The van der Waals surface area contributed by atoms with Crippen molar-refractivity contribution in [1.29, 1.82) is 0 Å². The van der Waals surface area contributed by atoms with Crippen LogP contribution in [-0.2, 0) is 9.53 Å². The summed E-state index contributed by atoms with van der Waals surface area (Å²) in [6, 6.07) is 17.0. The Balaban J connectivity index is 1.25. The second kappa shape index (κ2) is 12.3. The molecule has 5 rings (SSSR count). The number of hydrogen-bond acceptors (Lipinski definition) is 7. The van der Waals surface area contributed by atoms with Crippen LogP contribution >= 0.6 is 11.6 Å². The molecule has 0 spiro atoms. The molecule has 1 amide bonds. The fourth-order valence-corrected chi connectivity index (χ4v) is 4.98. The molecule has 202 valence electrons. The standard InChI is InChI=1S/C29H31ClN6O3/c1-2-39-27(37)11-6-13-34-15-17-35(18-16-34)26-10-4-3-9-24(26)33-29(38)25-12-14-36-28(32-25)23(20-31-36)21-7-5-8-22(30)19-21/h3-5,7-10,12,14,19-20H,2,6,11,13,15-18H2,1H3,(H,33,38). The van der Waals surface area contributed by atoms with Gasteiger partial charge < -0.3 is 15.0 Å². The molecule has 1 N–H and O–H groups in total. The van der Waals surface area contributed by atoms with Crippen LogP contribution in [0.25, 0.3) is 16.8 Å². The maximum atomic E-state index is 13.3. The van der Waals surface area contributed by atoms with Crippen LogP contribution in [0.15, 0.2) is 67.0 Å². The molecule has 10 heteroatoms. The summed E-state index contributed by atoms with van der Waals surface area (Å²) in [7, 11) is 0. The summed E-state index contributed by atoms with van der Waals surface area (Å²) in [6.07, 6.45) is 4.70. The van der Waals surface area contributed by atoms with Gasteiger partial charge in [-0.1, -0.05) is 35.9 Å². The first-order chi connectivity index (χ1) is 19.0. The Morgan fingerprint density at radius 1 is 1.05 bits per heavy atom. The maximum absolute atomic E-state index is 13.3. The topological polar surface area (TPSA) is 92.1 Å². The Morgan fingerprint density at radius 3 is 2.67 bits per heavy atom. The van der Waals surface area contributed by atoms with Crippen LogP contribution in [-0.4, -0.2) is 70.7 Å². The van der Waals surface area contributed by atoms with Gasteiger partial charge in [0.1, 0.15) is 5.69 Å². The lowest BCUT2D eigenvalue weighted by Gasteiger charge is -2.37. The van der Waals surface area contributed by atoms with Gasteiger partial charge in [0.25, 0.3) is 5.91 Å². The number of ether oxygens (including phenoxy) is 1. The van der Waals surface area contributed by atoms with E-state index < -0.39 is 0 Å². The summed E-state index contributed by atoms with van der Waals surface area (Å²) in [5, 5.41) is 8.05. The predicted octanol–water partition coefficient (Wildman–Crippen LogP) is 4.77. The Hall–Kier alpha value is -3.95. The smallest absolute Gasteiger partial charge is 0.305 e. The molecule has 4 aromatic rings. The van der Waals surface area contributed by atoms with Crippen LogP contribution in [0.1, 0.15) is 30.3 Å². The van der Waals surface area contributed by atoms with Gasteiger partial charge in [0.2, 0.25) is 0 Å². The van der Waals surface area contributed by atoms with Gasteiger partial charge >= 0.3 is 5.97 Å². The summed E-state index contributed by atoms with van der Waals surface area (Å²) in [4.78, 5) is 34.2. The van der Waals surface area contributed by atoms with Crippen LogP contribution in [0.2, 0.25) is 5.02 Å². The number of para-hydroxylation sites is 2. The van der Waals surface area contributed by atoms with Crippen LogP contribution in [0.3, 0.4) is 0 Å². The lowest BCUT2D eigenvalue weighted by molar-refractivity contribution is -0.143. The second-order valence-electron chi connectivity index (χ2n) is 9.36. The molecular formula is C29H31ClN6O3. The molecule has 3 heterocycles. The van der Waals surface area contributed by atoms with Crippen LogP contribution in [0.5, 0.6) is 0 Å². The molecule has 1 aliphatic heterocycles. The molecule has 1 saturated heterocycles. The van der Waals surface area contributed by atoms with Crippen LogP contribution in [0.4, 0.5) is 11.4 Å². The van der Waals surface area contributed by atoms with Crippen molar-refractivity contribution in [2.45, 2.75) is 19.8 Å². The van der Waals surface area contributed by atoms with E-state index in [2.05, 4.69) is 25.2 Å². The zero-order chi connectivity index (χ0) is 27.2. The minimum atomic E-state index is -0.291. The Morgan fingerprint density at radius 2 is 1.87 bits per heavy atom. The number of amides is 1. The third-order valence-corrected chi connectivity index (χ3v) is 7.00. The molecule has 1 fully saturated rings. The highest BCUT2D eigenvalue weighted by Gasteiger charge is 2.21. The first kappa shape index (κ1) is 26.6. The van der Waals surface area contributed by atoms with Crippen molar-refractivity contribution in [3.8, 4) is 11.1 Å². The lowest BCUT2D eigenvalue weighted by Crippen LogP contribution is -2.46. The number of esters is 1. The van der Waals surface area contributed by atoms with Crippen molar-refractivity contribution in [2.75, 3.05) is 49.5 Å². The summed E-state index contributed by atoms with van der Waals surface area (Å²) in [6.45, 7) is 6.54. The number of anilines is 2. The average molecular weight is 547 g/mol. The Kier molecular flexibility index (Phi) is 8.39. The van der Waals surface area contributed by atoms with E-state index in [0.29, 0.717) is 29.4 Å². The molecular weight excluding hydrogens is 516 g/mol. The van der Waals surface area contributed by atoms with Gasteiger partial charge in [-0.05, 0) is 55.8 Å². The normalized spacial score (nSPS) is 13.9. The molecule has 2 aromatic carbocycles. The van der Waals surface area contributed by atoms with Crippen molar-refractivity contribution in [2.24, 2.45) is 0 Å². The SMILES string of the molecule is CCOC(=O)CCCN1CCN(c2ccccc2NC(=O)c2ccn3ncc(-c4cccc(Cl)c4)c3n2)CC1. The van der Waals surface area contributed by atoms with Crippen molar-refractivity contribution < 1.29 is 14.3 Å². The van der Waals surface area contributed by atoms with Gasteiger partial charge in [-0.3, -0.25) is 14.5 Å². The van der Waals surface area contributed by atoms with E-state index in [1.807, 2.05) is 55.5 Å². The number of nitrogens with one attached hydrogen (secondary N) is 1. The van der Waals surface area contributed by atoms with Gasteiger partial charge in [0.05, 0.1) is 24.2 Å². The maximum Gasteiger partial charge on any atom is 0.305 e. The quantitative estimate of drug-likeness (QED) is 0.302. The molecule has 0 radical (unpaired) electrons. The molecule has 1 aliphatic rings. The largest absolute Gasteiger partial charge is 0.466 e. The van der Waals surface area contributed by atoms with E-state index in [9.17, 15) is 9.59 Å². The van der Waals surface area contributed by atoms with E-state index in [4.69, 9.17) is 16.3 Å². The van der Waals surface area contributed by atoms with Gasteiger partial charge in [-0.2, -0.15) is 5.10 Å². The number of piperazine rings is 1. The van der Waals surface area contributed by atoms with Crippen LogP contribution < -0.4 is 10.2 Å². The minimum Gasteiger partial charge on any atom is -0.466 e. The number of benzene rings is 2. The molecule has 0 atom stereocenters. The number of fused-ring (bicyclic) bond motifs is 1. The molecule has 0 saturated carbocycles. The molecule has 9 nitrogen and oxygen atoms in total. The number of carbonyl (C=O) groups is 2. The fourth-order valence-electron chi connectivity index (χ4n) is 4.79. The zero-order valence-corrected chi connectivity index (χ0v) is 22.6. The lowest BCUT2D eigenvalue weighted by atomic mass is 10.1. The highest BCUT2D eigenvalue weighted by atomic mass is 35.5. The Labute approximate surface area is 232 Å². The summed E-state index contributed by atoms with van der Waals surface area (Å²) < 4.78 is 6.66. The number of carbonyl (C=O) groups excluding carboxylic acids is 2. The number of nitrogens with zero attached hydrogens (tertiary/aromatic N) is 5. The van der Waals surface area contributed by atoms with Crippen molar-refractivity contribution in [1.82, 2.24) is 19.5 Å². The molecule has 2 aromatic heterocycles. The molecule has 0 aliphatic carbocycles. The summed E-state index contributed by atoms with van der Waals surface area (Å²) in [5.41, 5.74) is 4.27. The third-order valence-electron chi connectivity index (χ3n) is 6.76. The van der Waals surface area contributed by atoms with E-state index in [1.54, 1.807) is 23.0 Å². The molecule has 0 unspecified atom stereocenters. The first-order valence-electron chi connectivity index (χ1n) is 13.2. The zero-order valence-electron chi connectivity index (χ0n) is 21.8. The van der Waals surface area contributed by atoms with Crippen LogP contribution in [0, 0.1) is 0 Å². The number of aromatic nitrogens is 3. The molecule has 39 heavy (non-hydrogen) atoms. The van der Waals surface area contributed by atoms with Crippen molar-refractivity contribution >= 4 is 40.5 Å². The monoisotopic (exact) mass is 546 g/mol. The molecule has 0 bridgehead atoms. The fraction of sp³-hybridized carbons (Fsp3) is 0.310. The van der Waals surface area contributed by atoms with Gasteiger partial charge in [0.15, 0.2) is 5.65 Å². The Bertz CT molecular complexity index is 1460. The average Bonchev–Trinajstić information content (AvgIpc) is 3.37. The first-order valence-corrected chi connectivity index (χ1v) is 13.5. The van der Waals surface area contributed by atoms with E-state index in [0.717, 1.165) is 61.6 Å². The van der Waals surface area contributed by atoms with Crippen molar-refractivity contribution in [3.05, 3.63) is 77.7 Å². The number of rotatable bonds is 9. The van der Waals surface area contributed by atoms with E-state index >= 15 is 0 Å². The second-order valence-corrected chi connectivity index (χ2v) is 9.79.